The summed E-state index contributed by atoms with van der Waals surface area (Å²) >= 11 is 4.43. The van der Waals surface area contributed by atoms with E-state index in [-0.39, 0.29) is 4.08 Å². The lowest BCUT2D eigenvalue weighted by molar-refractivity contribution is 0.104. The lowest BCUT2D eigenvalue weighted by atomic mass is 9.76. The maximum Gasteiger partial charge on any atom is 0.101 e. The van der Waals surface area contributed by atoms with E-state index in [0.29, 0.717) is 6.04 Å². The molecule has 2 atom stereocenters. The highest BCUT2D eigenvalue weighted by atomic mass is 32.2. The zero-order chi connectivity index (χ0) is 15.4. The van der Waals surface area contributed by atoms with Crippen molar-refractivity contribution >= 4 is 34.4 Å². The molecule has 1 aromatic carbocycles. The minimum absolute atomic E-state index is 0.284. The Morgan fingerprint density at radius 2 is 2.00 bits per heavy atom. The zero-order valence-corrected chi connectivity index (χ0v) is 15.3. The highest BCUT2D eigenvalue weighted by molar-refractivity contribution is 8.18. The Labute approximate surface area is 146 Å². The number of benzene rings is 1. The van der Waals surface area contributed by atoms with E-state index in [1.54, 1.807) is 11.3 Å². The Morgan fingerprint density at radius 3 is 2.87 bits per heavy atom. The number of hydrogen-bond acceptors (Lipinski definition) is 3. The van der Waals surface area contributed by atoms with E-state index in [9.17, 15) is 0 Å². The standard InChI is InChI=1S/C19H24N2S2/c1-21-9-4-6-13-12-19(22-10-5-11-23-19)18-16(17(13)21)14-7-2-3-8-15(14)20-18/h2-3,7-8,13,17,20H,4-6,9-12H2,1H3/t13-,17-/m1/s1. The molecule has 1 spiro atoms. The van der Waals surface area contributed by atoms with Gasteiger partial charge in [0.2, 0.25) is 0 Å². The van der Waals surface area contributed by atoms with Crippen molar-refractivity contribution < 1.29 is 0 Å². The van der Waals surface area contributed by atoms with Gasteiger partial charge in [-0.15, -0.1) is 23.5 Å². The maximum atomic E-state index is 3.86. The number of piperidine rings is 1. The molecular formula is C19H24N2S2. The van der Waals surface area contributed by atoms with Gasteiger partial charge < -0.3 is 4.98 Å². The Balaban J connectivity index is 1.76. The molecular weight excluding hydrogens is 320 g/mol. The van der Waals surface area contributed by atoms with Crippen LogP contribution in [0.3, 0.4) is 0 Å². The van der Waals surface area contributed by atoms with Crippen molar-refractivity contribution in [3.05, 3.63) is 35.5 Å². The fourth-order valence-electron chi connectivity index (χ4n) is 4.98. The Bertz CT molecular complexity index is 732. The lowest BCUT2D eigenvalue weighted by Gasteiger charge is -2.50. The van der Waals surface area contributed by atoms with Gasteiger partial charge in [0.05, 0.1) is 0 Å². The van der Waals surface area contributed by atoms with Crippen molar-refractivity contribution in [1.82, 2.24) is 9.88 Å². The third-order valence-electron chi connectivity index (χ3n) is 5.92. The highest BCUT2D eigenvalue weighted by Gasteiger charge is 2.50. The second-order valence-corrected chi connectivity index (χ2v) is 10.3. The predicted octanol–water partition coefficient (Wildman–Crippen LogP) is 4.98. The second-order valence-electron chi connectivity index (χ2n) is 7.29. The van der Waals surface area contributed by atoms with Gasteiger partial charge in [-0.25, -0.2) is 0 Å². The van der Waals surface area contributed by atoms with Crippen LogP contribution < -0.4 is 0 Å². The van der Waals surface area contributed by atoms with Crippen LogP contribution in [0.1, 0.15) is 43.0 Å². The summed E-state index contributed by atoms with van der Waals surface area (Å²) in [4.78, 5) is 6.49. The number of likely N-dealkylation sites (tertiary alicyclic amines) is 1. The van der Waals surface area contributed by atoms with Gasteiger partial charge in [0.1, 0.15) is 4.08 Å². The summed E-state index contributed by atoms with van der Waals surface area (Å²) in [5.74, 6) is 3.45. The normalized spacial score (nSPS) is 30.3. The molecule has 5 rings (SSSR count). The van der Waals surface area contributed by atoms with Gasteiger partial charge in [-0.1, -0.05) is 18.2 Å². The number of fused-ring (bicyclic) bond motifs is 6. The third-order valence-corrected chi connectivity index (χ3v) is 9.29. The summed E-state index contributed by atoms with van der Waals surface area (Å²) in [6.45, 7) is 1.24. The average molecular weight is 345 g/mol. The molecule has 2 fully saturated rings. The SMILES string of the molecule is CN1CCC[C@@H]2CC3(SCCCS3)c3[nH]c4ccccc4c3[C@@H]21. The van der Waals surface area contributed by atoms with Gasteiger partial charge in [0, 0.05) is 28.2 Å². The summed E-state index contributed by atoms with van der Waals surface area (Å²) in [5, 5.41) is 1.47. The molecule has 0 saturated carbocycles. The van der Waals surface area contributed by atoms with Crippen molar-refractivity contribution in [2.45, 2.75) is 35.8 Å². The predicted molar refractivity (Wildman–Crippen MR) is 102 cm³/mol. The topological polar surface area (TPSA) is 19.0 Å². The fraction of sp³-hybridized carbons (Fsp3) is 0.579. The molecule has 4 heteroatoms. The van der Waals surface area contributed by atoms with E-state index in [0.717, 1.165) is 5.92 Å². The van der Waals surface area contributed by atoms with Crippen LogP contribution in [0.4, 0.5) is 0 Å². The van der Waals surface area contributed by atoms with Crippen molar-refractivity contribution in [3.8, 4) is 0 Å². The fourth-order valence-corrected chi connectivity index (χ4v) is 8.51. The first-order valence-electron chi connectivity index (χ1n) is 8.88. The van der Waals surface area contributed by atoms with E-state index < -0.39 is 0 Å². The number of rotatable bonds is 0. The Hall–Kier alpha value is -0.580. The first-order valence-corrected chi connectivity index (χ1v) is 10.8. The number of nitrogens with zero attached hydrogens (tertiary/aromatic N) is 1. The molecule has 23 heavy (non-hydrogen) atoms. The Morgan fingerprint density at radius 1 is 1.17 bits per heavy atom. The van der Waals surface area contributed by atoms with Crippen LogP contribution in [0.25, 0.3) is 10.9 Å². The Kier molecular flexibility index (Phi) is 3.50. The van der Waals surface area contributed by atoms with Gasteiger partial charge in [-0.05, 0) is 62.8 Å². The van der Waals surface area contributed by atoms with Crippen LogP contribution in [-0.2, 0) is 4.08 Å². The summed E-state index contributed by atoms with van der Waals surface area (Å²) < 4.78 is 0.284. The molecule has 1 N–H and O–H groups in total. The van der Waals surface area contributed by atoms with Crippen LogP contribution in [0.15, 0.2) is 24.3 Å². The first-order chi connectivity index (χ1) is 11.3. The third kappa shape index (κ3) is 2.14. The van der Waals surface area contributed by atoms with Gasteiger partial charge >= 0.3 is 0 Å². The largest absolute Gasteiger partial charge is 0.356 e. The smallest absolute Gasteiger partial charge is 0.101 e. The summed E-state index contributed by atoms with van der Waals surface area (Å²) in [6.07, 6.45) is 5.47. The zero-order valence-electron chi connectivity index (χ0n) is 13.7. The highest BCUT2D eigenvalue weighted by Crippen LogP contribution is 2.62. The van der Waals surface area contributed by atoms with E-state index in [1.807, 2.05) is 0 Å². The first kappa shape index (κ1) is 14.7. The van der Waals surface area contributed by atoms with Crippen molar-refractivity contribution in [2.75, 3.05) is 25.1 Å². The average Bonchev–Trinajstić information content (AvgIpc) is 2.97. The summed E-state index contributed by atoms with van der Waals surface area (Å²) in [7, 11) is 2.33. The van der Waals surface area contributed by atoms with Crippen LogP contribution in [0, 0.1) is 5.92 Å². The summed E-state index contributed by atoms with van der Waals surface area (Å²) in [5.41, 5.74) is 4.51. The van der Waals surface area contributed by atoms with Gasteiger partial charge in [0.15, 0.2) is 0 Å². The van der Waals surface area contributed by atoms with Crippen LogP contribution in [0.2, 0.25) is 0 Å². The molecule has 1 aromatic heterocycles. The number of para-hydroxylation sites is 1. The van der Waals surface area contributed by atoms with E-state index in [1.165, 1.54) is 54.6 Å². The number of aromatic nitrogens is 1. The monoisotopic (exact) mass is 344 g/mol. The maximum absolute atomic E-state index is 3.86. The molecule has 2 aromatic rings. The molecule has 0 bridgehead atoms. The molecule has 3 heterocycles. The number of aromatic amines is 1. The van der Waals surface area contributed by atoms with Crippen molar-refractivity contribution in [3.63, 3.8) is 0 Å². The van der Waals surface area contributed by atoms with E-state index >= 15 is 0 Å². The lowest BCUT2D eigenvalue weighted by Crippen LogP contribution is -2.43. The number of hydrogen-bond donors (Lipinski definition) is 1. The van der Waals surface area contributed by atoms with Gasteiger partial charge in [-0.2, -0.15) is 0 Å². The number of nitrogens with one attached hydrogen (secondary N) is 1. The molecule has 0 amide bonds. The minimum atomic E-state index is 0.284. The van der Waals surface area contributed by atoms with E-state index in [4.69, 9.17) is 0 Å². The number of thioether (sulfide) groups is 2. The molecule has 1 aliphatic carbocycles. The minimum Gasteiger partial charge on any atom is -0.356 e. The quantitative estimate of drug-likeness (QED) is 0.727. The molecule has 0 radical (unpaired) electrons. The van der Waals surface area contributed by atoms with Crippen molar-refractivity contribution in [2.24, 2.45) is 5.92 Å². The second kappa shape index (κ2) is 5.47. The molecule has 3 aliphatic rings. The summed E-state index contributed by atoms with van der Waals surface area (Å²) in [6, 6.07) is 9.58. The molecule has 122 valence electrons. The van der Waals surface area contributed by atoms with Crippen LogP contribution >= 0.6 is 23.5 Å². The van der Waals surface area contributed by atoms with Crippen LogP contribution in [-0.4, -0.2) is 35.0 Å². The number of H-pyrrole nitrogens is 1. The molecule has 2 saturated heterocycles. The van der Waals surface area contributed by atoms with E-state index in [2.05, 4.69) is 64.7 Å². The van der Waals surface area contributed by atoms with Gasteiger partial charge in [0.25, 0.3) is 0 Å². The molecule has 2 nitrogen and oxygen atoms in total. The van der Waals surface area contributed by atoms with Gasteiger partial charge in [-0.3, -0.25) is 4.90 Å². The van der Waals surface area contributed by atoms with Crippen LogP contribution in [0.5, 0.6) is 0 Å². The van der Waals surface area contributed by atoms with Crippen molar-refractivity contribution in [1.29, 1.82) is 0 Å². The molecule has 0 unspecified atom stereocenters. The molecule has 2 aliphatic heterocycles.